The van der Waals surface area contributed by atoms with E-state index >= 15 is 0 Å². The van der Waals surface area contributed by atoms with Crippen LogP contribution in [0.1, 0.15) is 42.5 Å². The number of hydrogen-bond acceptors (Lipinski definition) is 4. The first-order valence-electron chi connectivity index (χ1n) is 11.7. The van der Waals surface area contributed by atoms with E-state index in [1.165, 1.54) is 25.8 Å². The Balaban J connectivity index is 1.31. The molecule has 2 aliphatic heterocycles. The molecule has 32 heavy (non-hydrogen) atoms. The number of hydrogen-bond donors (Lipinski definition) is 1. The summed E-state index contributed by atoms with van der Waals surface area (Å²) < 4.78 is 0. The molecule has 0 radical (unpaired) electrons. The van der Waals surface area contributed by atoms with Crippen molar-refractivity contribution >= 4 is 29.1 Å². The third-order valence-electron chi connectivity index (χ3n) is 7.10. The highest BCUT2D eigenvalue weighted by Crippen LogP contribution is 2.38. The van der Waals surface area contributed by atoms with Gasteiger partial charge in [0.1, 0.15) is 0 Å². The fraction of sp³-hybridized carbons (Fsp3) is 0.480. The lowest BCUT2D eigenvalue weighted by molar-refractivity contribution is 0.102. The van der Waals surface area contributed by atoms with E-state index in [1.54, 1.807) is 23.2 Å². The lowest BCUT2D eigenvalue weighted by Gasteiger charge is -2.30. The zero-order valence-electron chi connectivity index (χ0n) is 18.7. The summed E-state index contributed by atoms with van der Waals surface area (Å²) in [4.78, 5) is 36.9. The van der Waals surface area contributed by atoms with Crippen LogP contribution in [0.15, 0.2) is 42.6 Å². The van der Waals surface area contributed by atoms with Crippen molar-refractivity contribution in [3.8, 4) is 0 Å². The number of carbonyl (C=O) groups is 2. The maximum absolute atomic E-state index is 13.7. The van der Waals surface area contributed by atoms with E-state index in [9.17, 15) is 9.59 Å². The van der Waals surface area contributed by atoms with Gasteiger partial charge in [-0.1, -0.05) is 18.6 Å². The number of likely N-dealkylation sites (tertiary alicyclic amines) is 1. The Morgan fingerprint density at radius 3 is 2.81 bits per heavy atom. The summed E-state index contributed by atoms with van der Waals surface area (Å²) in [6.45, 7) is 3.76. The van der Waals surface area contributed by atoms with E-state index < -0.39 is 0 Å². The monoisotopic (exact) mass is 433 g/mol. The highest BCUT2D eigenvalue weighted by atomic mass is 16.2. The van der Waals surface area contributed by atoms with Gasteiger partial charge < -0.3 is 15.1 Å². The van der Waals surface area contributed by atoms with Gasteiger partial charge in [0.15, 0.2) is 5.82 Å². The predicted octanol–water partition coefficient (Wildman–Crippen LogP) is 4.35. The number of urea groups is 1. The van der Waals surface area contributed by atoms with E-state index in [1.807, 2.05) is 29.2 Å². The molecule has 2 aromatic rings. The van der Waals surface area contributed by atoms with Crippen molar-refractivity contribution in [2.24, 2.45) is 11.8 Å². The Hall–Kier alpha value is -2.93. The second-order valence-corrected chi connectivity index (χ2v) is 9.41. The van der Waals surface area contributed by atoms with Crippen LogP contribution in [0.25, 0.3) is 0 Å². The summed E-state index contributed by atoms with van der Waals surface area (Å²) in [6.07, 6.45) is 7.89. The molecule has 168 valence electrons. The van der Waals surface area contributed by atoms with Gasteiger partial charge in [-0.2, -0.15) is 0 Å². The van der Waals surface area contributed by atoms with Gasteiger partial charge in [0, 0.05) is 25.8 Å². The maximum atomic E-state index is 13.7. The molecule has 1 aromatic heterocycles. The molecule has 7 heteroatoms. The van der Waals surface area contributed by atoms with Crippen LogP contribution in [0.2, 0.25) is 0 Å². The van der Waals surface area contributed by atoms with E-state index in [0.29, 0.717) is 28.7 Å². The molecule has 2 fully saturated rings. The summed E-state index contributed by atoms with van der Waals surface area (Å²) in [5.74, 6) is 1.54. The Kier molecular flexibility index (Phi) is 5.83. The molecule has 5 rings (SSSR count). The van der Waals surface area contributed by atoms with Crippen LogP contribution in [-0.4, -0.2) is 59.9 Å². The minimum absolute atomic E-state index is 0.112. The summed E-state index contributed by atoms with van der Waals surface area (Å²) in [6, 6.07) is 10.8. The van der Waals surface area contributed by atoms with Crippen molar-refractivity contribution in [2.45, 2.75) is 32.1 Å². The molecule has 1 aromatic carbocycles. The molecule has 1 unspecified atom stereocenters. The van der Waals surface area contributed by atoms with Crippen LogP contribution in [0, 0.1) is 11.8 Å². The second-order valence-electron chi connectivity index (χ2n) is 9.41. The molecular formula is C25H31N5O2. The fourth-order valence-corrected chi connectivity index (χ4v) is 5.02. The Labute approximate surface area is 189 Å². The molecule has 7 nitrogen and oxygen atoms in total. The summed E-state index contributed by atoms with van der Waals surface area (Å²) in [5.41, 5.74) is 1.69. The fourth-order valence-electron chi connectivity index (χ4n) is 5.02. The van der Waals surface area contributed by atoms with Crippen LogP contribution >= 0.6 is 0 Å². The largest absolute Gasteiger partial charge is 0.330 e. The molecule has 0 spiro atoms. The van der Waals surface area contributed by atoms with Gasteiger partial charge in [0.2, 0.25) is 0 Å². The van der Waals surface area contributed by atoms with Gasteiger partial charge >= 0.3 is 6.03 Å². The average Bonchev–Trinajstić information content (AvgIpc) is 3.21. The predicted molar refractivity (Wildman–Crippen MR) is 125 cm³/mol. The standard InChI is InChI=1S/C25H31N5O2/c1-28(16-18-6-4-7-18)14-11-19-12-15-29(17-19)25(32)30-22-10-3-2-9-21(22)27-24(31)20-8-5-13-26-23(20)30/h2-3,5,8-10,13,18-19H,4,6-7,11-12,14-17H2,1H3,(H,27,31). The van der Waals surface area contributed by atoms with Gasteiger partial charge in [-0.15, -0.1) is 0 Å². The minimum Gasteiger partial charge on any atom is -0.324 e. The molecule has 1 N–H and O–H groups in total. The van der Waals surface area contributed by atoms with Gasteiger partial charge in [0.25, 0.3) is 5.91 Å². The number of fused-ring (bicyclic) bond motifs is 2. The van der Waals surface area contributed by atoms with Crippen molar-refractivity contribution in [3.05, 3.63) is 48.2 Å². The second kappa shape index (κ2) is 8.90. The quantitative estimate of drug-likeness (QED) is 0.761. The number of pyridine rings is 1. The number of carbonyl (C=O) groups excluding carboxylic acids is 2. The zero-order valence-corrected chi connectivity index (χ0v) is 18.7. The highest BCUT2D eigenvalue weighted by molar-refractivity contribution is 6.16. The number of anilines is 3. The van der Waals surface area contributed by atoms with Crippen LogP contribution in [0.3, 0.4) is 0 Å². The summed E-state index contributed by atoms with van der Waals surface area (Å²) in [7, 11) is 2.22. The number of benzene rings is 1. The molecule has 1 atom stereocenters. The van der Waals surface area contributed by atoms with Crippen molar-refractivity contribution in [3.63, 3.8) is 0 Å². The third kappa shape index (κ3) is 4.09. The molecule has 3 amide bonds. The summed E-state index contributed by atoms with van der Waals surface area (Å²) >= 11 is 0. The average molecular weight is 434 g/mol. The van der Waals surface area contributed by atoms with E-state index in [4.69, 9.17) is 0 Å². The molecule has 1 saturated carbocycles. The van der Waals surface area contributed by atoms with Gasteiger partial charge in [-0.05, 0) is 75.4 Å². The topological polar surface area (TPSA) is 68.8 Å². The van der Waals surface area contributed by atoms with E-state index in [0.717, 1.165) is 38.4 Å². The lowest BCUT2D eigenvalue weighted by atomic mass is 9.85. The minimum atomic E-state index is -0.246. The van der Waals surface area contributed by atoms with Crippen LogP contribution in [-0.2, 0) is 0 Å². The van der Waals surface area contributed by atoms with Crippen molar-refractivity contribution in [1.29, 1.82) is 0 Å². The van der Waals surface area contributed by atoms with Crippen molar-refractivity contribution in [1.82, 2.24) is 14.8 Å². The number of amides is 3. The number of rotatable bonds is 5. The molecule has 3 heterocycles. The lowest BCUT2D eigenvalue weighted by Crippen LogP contribution is -2.40. The molecule has 1 aliphatic carbocycles. The first-order valence-corrected chi connectivity index (χ1v) is 11.7. The maximum Gasteiger partial charge on any atom is 0.330 e. The number of para-hydroxylation sites is 2. The first-order chi connectivity index (χ1) is 15.6. The Bertz CT molecular complexity index is 1010. The van der Waals surface area contributed by atoms with E-state index in [2.05, 4.69) is 22.2 Å². The number of nitrogens with one attached hydrogen (secondary N) is 1. The molecular weight excluding hydrogens is 402 g/mol. The van der Waals surface area contributed by atoms with Crippen LogP contribution in [0.4, 0.5) is 22.0 Å². The van der Waals surface area contributed by atoms with E-state index in [-0.39, 0.29) is 11.9 Å². The first kappa shape index (κ1) is 20.9. The zero-order chi connectivity index (χ0) is 22.1. The van der Waals surface area contributed by atoms with Crippen molar-refractivity contribution in [2.75, 3.05) is 43.4 Å². The molecule has 0 bridgehead atoms. The van der Waals surface area contributed by atoms with Gasteiger partial charge in [-0.25, -0.2) is 14.7 Å². The Morgan fingerprint density at radius 1 is 1.16 bits per heavy atom. The Morgan fingerprint density at radius 2 is 2.00 bits per heavy atom. The smallest absolute Gasteiger partial charge is 0.324 e. The molecule has 1 saturated heterocycles. The van der Waals surface area contributed by atoms with Gasteiger partial charge in [0.05, 0.1) is 16.9 Å². The highest BCUT2D eigenvalue weighted by Gasteiger charge is 2.35. The number of nitrogens with zero attached hydrogens (tertiary/aromatic N) is 4. The molecule has 3 aliphatic rings. The van der Waals surface area contributed by atoms with Gasteiger partial charge in [-0.3, -0.25) is 4.79 Å². The third-order valence-corrected chi connectivity index (χ3v) is 7.10. The SMILES string of the molecule is CN(CCC1CCN(C(=O)N2c3ccccc3NC(=O)c3cccnc32)C1)CC1CCC1. The number of aromatic nitrogens is 1. The van der Waals surface area contributed by atoms with Crippen molar-refractivity contribution < 1.29 is 9.59 Å². The summed E-state index contributed by atoms with van der Waals surface area (Å²) in [5, 5.41) is 2.92. The van der Waals surface area contributed by atoms with Crippen LogP contribution in [0.5, 0.6) is 0 Å². The normalized spacial score (nSPS) is 20.4. The van der Waals surface area contributed by atoms with Crippen LogP contribution < -0.4 is 10.2 Å².